The normalized spacial score (nSPS) is 25.3. The minimum Gasteiger partial charge on any atom is -0.363 e. The highest BCUT2D eigenvalue weighted by molar-refractivity contribution is 5.77. The van der Waals surface area contributed by atoms with Crippen LogP contribution in [0.1, 0.15) is 19.8 Å². The van der Waals surface area contributed by atoms with Crippen LogP contribution in [0.4, 0.5) is 0 Å². The number of hydrogen-bond donors (Lipinski definition) is 2. The Labute approximate surface area is 103 Å². The monoisotopic (exact) mass is 241 g/mol. The van der Waals surface area contributed by atoms with Crippen LogP contribution in [-0.2, 0) is 9.53 Å². The summed E-state index contributed by atoms with van der Waals surface area (Å²) in [6.07, 6.45) is 2.09. The van der Waals surface area contributed by atoms with Gasteiger partial charge >= 0.3 is 0 Å². The number of ether oxygens (including phenoxy) is 1. The zero-order valence-electron chi connectivity index (χ0n) is 10.8. The predicted molar refractivity (Wildman–Crippen MR) is 65.9 cm³/mol. The standard InChI is InChI=1S/C12H23N3O2/c1-12(8-13-9-12)17-7-11(16)14-10-3-5-15(2)6-4-10/h10,13H,3-9H2,1-2H3,(H,14,16). The first-order chi connectivity index (χ1) is 8.07. The van der Waals surface area contributed by atoms with Crippen molar-refractivity contribution in [1.82, 2.24) is 15.5 Å². The summed E-state index contributed by atoms with van der Waals surface area (Å²) in [5.74, 6) is 0.0210. The van der Waals surface area contributed by atoms with Gasteiger partial charge in [0.15, 0.2) is 0 Å². The molecule has 0 radical (unpaired) electrons. The first-order valence-corrected chi connectivity index (χ1v) is 6.40. The van der Waals surface area contributed by atoms with Crippen molar-refractivity contribution in [2.75, 3.05) is 39.8 Å². The molecule has 2 fully saturated rings. The molecule has 0 atom stereocenters. The van der Waals surface area contributed by atoms with Gasteiger partial charge in [0.05, 0.1) is 5.60 Å². The number of piperidine rings is 1. The van der Waals surface area contributed by atoms with Crippen LogP contribution in [0.15, 0.2) is 0 Å². The molecular weight excluding hydrogens is 218 g/mol. The van der Waals surface area contributed by atoms with E-state index in [1.54, 1.807) is 0 Å². The second-order valence-electron chi connectivity index (χ2n) is 5.49. The molecule has 2 heterocycles. The molecule has 98 valence electrons. The number of nitrogens with one attached hydrogen (secondary N) is 2. The molecule has 0 unspecified atom stereocenters. The molecule has 1 amide bonds. The number of hydrogen-bond acceptors (Lipinski definition) is 4. The summed E-state index contributed by atoms with van der Waals surface area (Å²) in [6.45, 7) is 6.03. The van der Waals surface area contributed by atoms with E-state index in [0.717, 1.165) is 39.0 Å². The molecule has 0 spiro atoms. The van der Waals surface area contributed by atoms with Crippen LogP contribution in [0.25, 0.3) is 0 Å². The van der Waals surface area contributed by atoms with Crippen LogP contribution in [0, 0.1) is 0 Å². The SMILES string of the molecule is CN1CCC(NC(=O)COC2(C)CNC2)CC1. The van der Waals surface area contributed by atoms with Gasteiger partial charge in [-0.05, 0) is 39.9 Å². The lowest BCUT2D eigenvalue weighted by Crippen LogP contribution is -2.60. The van der Waals surface area contributed by atoms with Crippen LogP contribution in [0.5, 0.6) is 0 Å². The summed E-state index contributed by atoms with van der Waals surface area (Å²) in [6, 6.07) is 0.328. The highest BCUT2D eigenvalue weighted by Crippen LogP contribution is 2.15. The van der Waals surface area contributed by atoms with Gasteiger partial charge in [0.25, 0.3) is 0 Å². The Balaban J connectivity index is 1.63. The average Bonchev–Trinajstić information content (AvgIpc) is 2.27. The molecule has 0 aliphatic carbocycles. The maximum absolute atomic E-state index is 11.7. The van der Waals surface area contributed by atoms with Crippen molar-refractivity contribution >= 4 is 5.91 Å². The van der Waals surface area contributed by atoms with Gasteiger partial charge in [0.2, 0.25) is 5.91 Å². The van der Waals surface area contributed by atoms with E-state index in [9.17, 15) is 4.79 Å². The Morgan fingerprint density at radius 3 is 2.65 bits per heavy atom. The van der Waals surface area contributed by atoms with Gasteiger partial charge in [0, 0.05) is 19.1 Å². The summed E-state index contributed by atoms with van der Waals surface area (Å²) in [4.78, 5) is 14.0. The Hall–Kier alpha value is -0.650. The fraction of sp³-hybridized carbons (Fsp3) is 0.917. The molecule has 5 heteroatoms. The molecular formula is C12H23N3O2. The van der Waals surface area contributed by atoms with Gasteiger partial charge in [-0.2, -0.15) is 0 Å². The van der Waals surface area contributed by atoms with E-state index in [1.165, 1.54) is 0 Å². The maximum atomic E-state index is 11.7. The molecule has 0 aromatic heterocycles. The third-order valence-electron chi connectivity index (χ3n) is 3.63. The lowest BCUT2D eigenvalue weighted by atomic mass is 10.0. The molecule has 0 bridgehead atoms. The molecule has 2 N–H and O–H groups in total. The summed E-state index contributed by atoms with van der Waals surface area (Å²) in [5.41, 5.74) is -0.135. The quantitative estimate of drug-likeness (QED) is 0.701. The minimum atomic E-state index is -0.135. The predicted octanol–water partition coefficient (Wildman–Crippen LogP) is -0.425. The third-order valence-corrected chi connectivity index (χ3v) is 3.63. The number of carbonyl (C=O) groups excluding carboxylic acids is 1. The first kappa shape index (κ1) is 12.8. The third kappa shape index (κ3) is 3.66. The van der Waals surface area contributed by atoms with Gasteiger partial charge < -0.3 is 20.3 Å². The van der Waals surface area contributed by atoms with Crippen LogP contribution >= 0.6 is 0 Å². The Morgan fingerprint density at radius 2 is 2.12 bits per heavy atom. The highest BCUT2D eigenvalue weighted by Gasteiger charge is 2.33. The number of amides is 1. The fourth-order valence-corrected chi connectivity index (χ4v) is 2.24. The molecule has 5 nitrogen and oxygen atoms in total. The Bertz CT molecular complexity index is 271. The largest absolute Gasteiger partial charge is 0.363 e. The highest BCUT2D eigenvalue weighted by atomic mass is 16.5. The van der Waals surface area contributed by atoms with Gasteiger partial charge in [-0.25, -0.2) is 0 Å². The average molecular weight is 241 g/mol. The zero-order chi connectivity index (χ0) is 12.3. The van der Waals surface area contributed by atoms with E-state index in [1.807, 2.05) is 6.92 Å². The number of likely N-dealkylation sites (tertiary alicyclic amines) is 1. The topological polar surface area (TPSA) is 53.6 Å². The van der Waals surface area contributed by atoms with Gasteiger partial charge in [-0.3, -0.25) is 4.79 Å². The van der Waals surface area contributed by atoms with Gasteiger partial charge in [-0.15, -0.1) is 0 Å². The van der Waals surface area contributed by atoms with Crippen molar-refractivity contribution in [2.24, 2.45) is 0 Å². The van der Waals surface area contributed by atoms with E-state index in [0.29, 0.717) is 6.04 Å². The van der Waals surface area contributed by atoms with Crippen molar-refractivity contribution in [1.29, 1.82) is 0 Å². The second-order valence-corrected chi connectivity index (χ2v) is 5.49. The minimum absolute atomic E-state index is 0.0210. The number of nitrogens with zero attached hydrogens (tertiary/aromatic N) is 1. The molecule has 2 aliphatic heterocycles. The molecule has 0 saturated carbocycles. The lowest BCUT2D eigenvalue weighted by molar-refractivity contribution is -0.136. The maximum Gasteiger partial charge on any atom is 0.246 e. The smallest absolute Gasteiger partial charge is 0.246 e. The zero-order valence-corrected chi connectivity index (χ0v) is 10.8. The molecule has 2 saturated heterocycles. The summed E-state index contributed by atoms with van der Waals surface area (Å²) < 4.78 is 5.60. The van der Waals surface area contributed by atoms with E-state index >= 15 is 0 Å². The van der Waals surface area contributed by atoms with Crippen LogP contribution < -0.4 is 10.6 Å². The number of carbonyl (C=O) groups is 1. The molecule has 2 aliphatic rings. The Kier molecular flexibility index (Phi) is 4.01. The molecule has 2 rings (SSSR count). The van der Waals surface area contributed by atoms with E-state index < -0.39 is 0 Å². The second kappa shape index (κ2) is 5.33. The summed E-state index contributed by atoms with van der Waals surface area (Å²) >= 11 is 0. The first-order valence-electron chi connectivity index (χ1n) is 6.40. The van der Waals surface area contributed by atoms with Crippen LogP contribution in [0.2, 0.25) is 0 Å². The molecule has 0 aromatic carbocycles. The molecule has 0 aromatic rings. The lowest BCUT2D eigenvalue weighted by Gasteiger charge is -2.39. The fourth-order valence-electron chi connectivity index (χ4n) is 2.24. The van der Waals surface area contributed by atoms with E-state index in [4.69, 9.17) is 4.74 Å². The summed E-state index contributed by atoms with van der Waals surface area (Å²) in [7, 11) is 2.12. The number of rotatable bonds is 4. The molecule has 17 heavy (non-hydrogen) atoms. The van der Waals surface area contributed by atoms with Gasteiger partial charge in [-0.1, -0.05) is 0 Å². The van der Waals surface area contributed by atoms with Crippen molar-refractivity contribution < 1.29 is 9.53 Å². The van der Waals surface area contributed by atoms with Crippen LogP contribution in [0.3, 0.4) is 0 Å². The Morgan fingerprint density at radius 1 is 1.47 bits per heavy atom. The van der Waals surface area contributed by atoms with Crippen LogP contribution in [-0.4, -0.2) is 62.3 Å². The van der Waals surface area contributed by atoms with E-state index in [2.05, 4.69) is 22.6 Å². The van der Waals surface area contributed by atoms with Gasteiger partial charge in [0.1, 0.15) is 6.61 Å². The van der Waals surface area contributed by atoms with Crippen molar-refractivity contribution in [3.8, 4) is 0 Å². The van der Waals surface area contributed by atoms with E-state index in [-0.39, 0.29) is 18.1 Å². The van der Waals surface area contributed by atoms with Crippen molar-refractivity contribution in [3.05, 3.63) is 0 Å². The van der Waals surface area contributed by atoms with Crippen molar-refractivity contribution in [3.63, 3.8) is 0 Å². The van der Waals surface area contributed by atoms with Crippen molar-refractivity contribution in [2.45, 2.75) is 31.4 Å². The summed E-state index contributed by atoms with van der Waals surface area (Å²) in [5, 5.41) is 6.20.